The predicted molar refractivity (Wildman–Crippen MR) is 80.3 cm³/mol. The molecule has 19 heavy (non-hydrogen) atoms. The van der Waals surface area contributed by atoms with Crippen LogP contribution < -0.4 is 5.73 Å². The van der Waals surface area contributed by atoms with Crippen molar-refractivity contribution >= 4 is 21.6 Å². The third-order valence-corrected chi connectivity index (χ3v) is 7.63. The molecule has 0 saturated carbocycles. The average Bonchev–Trinajstić information content (AvgIpc) is 2.39. The van der Waals surface area contributed by atoms with E-state index in [-0.39, 0.29) is 22.6 Å². The van der Waals surface area contributed by atoms with Crippen molar-refractivity contribution in [3.63, 3.8) is 0 Å². The Morgan fingerprint density at radius 2 is 2.11 bits per heavy atom. The van der Waals surface area contributed by atoms with E-state index in [2.05, 4.69) is 0 Å². The standard InChI is InChI=1S/C13H25NO3S2/c1-2-11(14)10-19(15,16)12-3-6-17-13(9-12)4-7-18-8-5-13/h11-12H,2-10,14H2,1H3. The molecular formula is C13H25NO3S2. The number of sulfone groups is 1. The van der Waals surface area contributed by atoms with E-state index < -0.39 is 9.84 Å². The summed E-state index contributed by atoms with van der Waals surface area (Å²) in [7, 11) is -3.08. The molecule has 2 rings (SSSR count). The van der Waals surface area contributed by atoms with Gasteiger partial charge in [0, 0.05) is 12.6 Å². The predicted octanol–water partition coefficient (Wildman–Crippen LogP) is 1.58. The summed E-state index contributed by atoms with van der Waals surface area (Å²) in [6, 6.07) is -0.231. The summed E-state index contributed by atoms with van der Waals surface area (Å²) in [4.78, 5) is 0. The maximum Gasteiger partial charge on any atom is 0.154 e. The number of hydrogen-bond donors (Lipinski definition) is 1. The quantitative estimate of drug-likeness (QED) is 0.854. The Balaban J connectivity index is 2.04. The maximum absolute atomic E-state index is 12.4. The Hall–Kier alpha value is 0.220. The third kappa shape index (κ3) is 3.86. The van der Waals surface area contributed by atoms with E-state index >= 15 is 0 Å². The molecule has 2 atom stereocenters. The van der Waals surface area contributed by atoms with Crippen LogP contribution in [-0.4, -0.2) is 49.2 Å². The van der Waals surface area contributed by atoms with Crippen LogP contribution in [-0.2, 0) is 14.6 Å². The Morgan fingerprint density at radius 3 is 2.74 bits per heavy atom. The molecule has 0 aromatic carbocycles. The van der Waals surface area contributed by atoms with Gasteiger partial charge in [-0.15, -0.1) is 0 Å². The molecule has 0 bridgehead atoms. The molecule has 6 heteroatoms. The molecule has 0 aliphatic carbocycles. The Labute approximate surface area is 120 Å². The van der Waals surface area contributed by atoms with Crippen LogP contribution in [0.5, 0.6) is 0 Å². The first-order valence-electron chi connectivity index (χ1n) is 7.16. The second-order valence-electron chi connectivity index (χ2n) is 5.76. The van der Waals surface area contributed by atoms with E-state index in [1.54, 1.807) is 0 Å². The van der Waals surface area contributed by atoms with Gasteiger partial charge < -0.3 is 10.5 Å². The normalized spacial score (nSPS) is 29.3. The molecule has 2 unspecified atom stereocenters. The fourth-order valence-electron chi connectivity index (χ4n) is 2.93. The van der Waals surface area contributed by atoms with Crippen molar-refractivity contribution in [2.75, 3.05) is 23.9 Å². The van der Waals surface area contributed by atoms with Gasteiger partial charge in [0.2, 0.25) is 0 Å². The second-order valence-corrected chi connectivity index (χ2v) is 9.31. The largest absolute Gasteiger partial charge is 0.375 e. The molecule has 2 heterocycles. The van der Waals surface area contributed by atoms with Crippen molar-refractivity contribution in [3.05, 3.63) is 0 Å². The molecule has 2 aliphatic rings. The van der Waals surface area contributed by atoms with Crippen molar-refractivity contribution in [1.82, 2.24) is 0 Å². The van der Waals surface area contributed by atoms with Gasteiger partial charge in [-0.1, -0.05) is 6.92 Å². The van der Waals surface area contributed by atoms with Crippen LogP contribution in [0.4, 0.5) is 0 Å². The van der Waals surface area contributed by atoms with Crippen LogP contribution >= 0.6 is 11.8 Å². The lowest BCUT2D eigenvalue weighted by Gasteiger charge is -2.43. The zero-order valence-corrected chi connectivity index (χ0v) is 13.3. The highest BCUT2D eigenvalue weighted by Crippen LogP contribution is 2.39. The Kier molecular flexibility index (Phi) is 5.20. The second kappa shape index (κ2) is 6.33. The lowest BCUT2D eigenvalue weighted by Crippen LogP contribution is -2.48. The van der Waals surface area contributed by atoms with Gasteiger partial charge in [-0.05, 0) is 43.6 Å². The van der Waals surface area contributed by atoms with Crippen LogP contribution in [0.1, 0.15) is 39.0 Å². The lowest BCUT2D eigenvalue weighted by atomic mass is 9.88. The highest BCUT2D eigenvalue weighted by molar-refractivity contribution is 7.99. The monoisotopic (exact) mass is 307 g/mol. The molecule has 0 radical (unpaired) electrons. The number of thioether (sulfide) groups is 1. The van der Waals surface area contributed by atoms with Crippen molar-refractivity contribution in [2.24, 2.45) is 5.73 Å². The van der Waals surface area contributed by atoms with Crippen molar-refractivity contribution < 1.29 is 13.2 Å². The molecule has 112 valence electrons. The third-order valence-electron chi connectivity index (χ3n) is 4.33. The Bertz CT molecular complexity index is 385. The topological polar surface area (TPSA) is 69.4 Å². The first-order chi connectivity index (χ1) is 8.97. The summed E-state index contributed by atoms with van der Waals surface area (Å²) in [5.41, 5.74) is 5.65. The molecule has 2 saturated heterocycles. The van der Waals surface area contributed by atoms with Crippen molar-refractivity contribution in [1.29, 1.82) is 0 Å². The highest BCUT2D eigenvalue weighted by Gasteiger charge is 2.43. The average molecular weight is 307 g/mol. The number of nitrogens with two attached hydrogens (primary N) is 1. The smallest absolute Gasteiger partial charge is 0.154 e. The van der Waals surface area contributed by atoms with E-state index in [4.69, 9.17) is 10.5 Å². The summed E-state index contributed by atoms with van der Waals surface area (Å²) < 4.78 is 30.8. The van der Waals surface area contributed by atoms with Gasteiger partial charge in [0.25, 0.3) is 0 Å². The summed E-state index contributed by atoms with van der Waals surface area (Å²) in [5, 5.41) is -0.248. The van der Waals surface area contributed by atoms with E-state index in [9.17, 15) is 8.42 Å². The zero-order chi connectivity index (χ0) is 13.9. The van der Waals surface area contributed by atoms with Crippen LogP contribution in [0.3, 0.4) is 0 Å². The molecule has 2 aliphatic heterocycles. The van der Waals surface area contributed by atoms with Crippen molar-refractivity contribution in [2.45, 2.75) is 55.9 Å². The van der Waals surface area contributed by atoms with Gasteiger partial charge in [0.15, 0.2) is 9.84 Å². The van der Waals surface area contributed by atoms with E-state index in [0.717, 1.165) is 24.3 Å². The maximum atomic E-state index is 12.4. The fraction of sp³-hybridized carbons (Fsp3) is 1.00. The molecule has 2 fully saturated rings. The van der Waals surface area contributed by atoms with Gasteiger partial charge in [0.05, 0.1) is 16.6 Å². The minimum Gasteiger partial charge on any atom is -0.375 e. The molecular weight excluding hydrogens is 282 g/mol. The molecule has 4 nitrogen and oxygen atoms in total. The van der Waals surface area contributed by atoms with E-state index in [0.29, 0.717) is 25.9 Å². The summed E-state index contributed by atoms with van der Waals surface area (Å²) in [5.74, 6) is 2.29. The molecule has 0 amide bonds. The minimum absolute atomic E-state index is 0.124. The van der Waals surface area contributed by atoms with Gasteiger partial charge in [0.1, 0.15) is 0 Å². The van der Waals surface area contributed by atoms with Crippen LogP contribution in [0.15, 0.2) is 0 Å². The summed E-state index contributed by atoms with van der Waals surface area (Å²) >= 11 is 1.94. The first-order valence-corrected chi connectivity index (χ1v) is 10.0. The number of ether oxygens (including phenoxy) is 1. The highest BCUT2D eigenvalue weighted by atomic mass is 32.2. The van der Waals surface area contributed by atoms with Crippen molar-refractivity contribution in [3.8, 4) is 0 Å². The Morgan fingerprint density at radius 1 is 1.42 bits per heavy atom. The molecule has 0 aromatic heterocycles. The molecule has 1 spiro atoms. The molecule has 0 aromatic rings. The van der Waals surface area contributed by atoms with E-state index in [1.165, 1.54) is 0 Å². The van der Waals surface area contributed by atoms with Crippen LogP contribution in [0.25, 0.3) is 0 Å². The SMILES string of the molecule is CCC(N)CS(=O)(=O)C1CCOC2(CCSCC2)C1. The van der Waals surface area contributed by atoms with Gasteiger partial charge in [-0.25, -0.2) is 8.42 Å². The first kappa shape index (κ1) is 15.6. The van der Waals surface area contributed by atoms with E-state index in [1.807, 2.05) is 18.7 Å². The molecule has 2 N–H and O–H groups in total. The summed E-state index contributed by atoms with van der Waals surface area (Å²) in [6.45, 7) is 2.51. The van der Waals surface area contributed by atoms with Crippen LogP contribution in [0.2, 0.25) is 0 Å². The lowest BCUT2D eigenvalue weighted by molar-refractivity contribution is -0.0813. The fourth-order valence-corrected chi connectivity index (χ4v) is 6.29. The van der Waals surface area contributed by atoms with Gasteiger partial charge in [-0.3, -0.25) is 0 Å². The summed E-state index contributed by atoms with van der Waals surface area (Å²) in [6.07, 6.45) is 4.00. The zero-order valence-electron chi connectivity index (χ0n) is 11.6. The minimum atomic E-state index is -3.08. The van der Waals surface area contributed by atoms with Gasteiger partial charge in [-0.2, -0.15) is 11.8 Å². The number of rotatable bonds is 4. The number of hydrogen-bond acceptors (Lipinski definition) is 5. The van der Waals surface area contributed by atoms with Gasteiger partial charge >= 0.3 is 0 Å². The van der Waals surface area contributed by atoms with Crippen LogP contribution in [0, 0.1) is 0 Å².